The van der Waals surface area contributed by atoms with Crippen molar-refractivity contribution in [2.75, 3.05) is 12.8 Å². The van der Waals surface area contributed by atoms with Crippen LogP contribution in [0.5, 0.6) is 11.6 Å². The first-order chi connectivity index (χ1) is 18.9. The molecule has 0 aliphatic carbocycles. The molecule has 0 unspecified atom stereocenters. The molecule has 2 atom stereocenters. The first-order valence-corrected chi connectivity index (χ1v) is 15.7. The van der Waals surface area contributed by atoms with E-state index < -0.39 is 39.4 Å². The van der Waals surface area contributed by atoms with Gasteiger partial charge >= 0.3 is 12.1 Å². The van der Waals surface area contributed by atoms with Crippen molar-refractivity contribution in [3.8, 4) is 11.6 Å². The Hall–Kier alpha value is -3.18. The number of hydrogen-bond acceptors (Lipinski definition) is 8. The summed E-state index contributed by atoms with van der Waals surface area (Å²) in [6.07, 6.45) is 2.14. The lowest BCUT2D eigenvalue weighted by molar-refractivity contribution is -0.154. The van der Waals surface area contributed by atoms with Gasteiger partial charge in [0.05, 0.1) is 18.7 Å². The van der Waals surface area contributed by atoms with Gasteiger partial charge in [0, 0.05) is 30.3 Å². The molecule has 11 heteroatoms. The Bertz CT molecular complexity index is 1350. The predicted molar refractivity (Wildman–Crippen MR) is 156 cm³/mol. The molecule has 0 bridgehead atoms. The van der Waals surface area contributed by atoms with Crippen LogP contribution in [0.2, 0.25) is 0 Å². The number of nitrogens with zero attached hydrogens (tertiary/aromatic N) is 2. The van der Waals surface area contributed by atoms with Crippen molar-refractivity contribution in [1.29, 1.82) is 0 Å². The number of ether oxygens (including phenoxy) is 3. The number of aryl methyl sites for hydroxylation is 2. The summed E-state index contributed by atoms with van der Waals surface area (Å²) in [5.41, 5.74) is 1.19. The fourth-order valence-corrected chi connectivity index (χ4v) is 5.39. The highest BCUT2D eigenvalue weighted by atomic mass is 32.2. The fourth-order valence-electron chi connectivity index (χ4n) is 4.57. The van der Waals surface area contributed by atoms with Gasteiger partial charge < -0.3 is 19.1 Å². The lowest BCUT2D eigenvalue weighted by atomic mass is 10.0. The van der Waals surface area contributed by atoms with Crippen LogP contribution in [0, 0.1) is 6.92 Å². The summed E-state index contributed by atoms with van der Waals surface area (Å²) in [4.78, 5) is 31.3. The zero-order chi connectivity index (χ0) is 30.6. The molecule has 1 saturated heterocycles. The molecule has 1 aromatic carbocycles. The maximum atomic E-state index is 13.0. The Morgan fingerprint density at radius 2 is 1.73 bits per heavy atom. The van der Waals surface area contributed by atoms with Crippen LogP contribution in [0.15, 0.2) is 36.4 Å². The van der Waals surface area contributed by atoms with Crippen LogP contribution in [0.25, 0.3) is 0 Å². The van der Waals surface area contributed by atoms with Gasteiger partial charge in [-0.15, -0.1) is 0 Å². The third-order valence-corrected chi connectivity index (χ3v) is 6.94. The van der Waals surface area contributed by atoms with E-state index in [-0.39, 0.29) is 12.4 Å². The van der Waals surface area contributed by atoms with Gasteiger partial charge in [-0.2, -0.15) is 0 Å². The normalized spacial score (nSPS) is 17.8. The maximum absolute atomic E-state index is 13.0. The number of nitrogens with one attached hydrogen (secondary N) is 1. The van der Waals surface area contributed by atoms with Crippen LogP contribution in [-0.4, -0.2) is 66.5 Å². The standard InChI is InChI=1S/C30H43N3O7S/c1-20-12-13-22(14-15-26(34)39-29(2,3)4)31-27(20)38-23-11-9-10-21(18-23)19-25-24(32-41(8,36)37)16-17-33(25)28(35)40-30(5,6)7/h9-13,18,24-25,32H,14-17,19H2,1-8H3/t24-,25-/m0/s1. The van der Waals surface area contributed by atoms with E-state index in [1.54, 1.807) is 25.7 Å². The van der Waals surface area contributed by atoms with Crippen LogP contribution in [0.4, 0.5) is 4.79 Å². The Balaban J connectivity index is 1.76. The highest BCUT2D eigenvalue weighted by molar-refractivity contribution is 7.88. The van der Waals surface area contributed by atoms with Gasteiger partial charge in [-0.25, -0.2) is 22.9 Å². The summed E-state index contributed by atoms with van der Waals surface area (Å²) in [5.74, 6) is 0.694. The Morgan fingerprint density at radius 3 is 2.37 bits per heavy atom. The molecule has 41 heavy (non-hydrogen) atoms. The molecule has 1 N–H and O–H groups in total. The molecule has 1 aromatic heterocycles. The Morgan fingerprint density at radius 1 is 1.05 bits per heavy atom. The smallest absolute Gasteiger partial charge is 0.410 e. The lowest BCUT2D eigenvalue weighted by Crippen LogP contribution is -2.48. The van der Waals surface area contributed by atoms with Crippen molar-refractivity contribution >= 4 is 22.1 Å². The molecule has 0 saturated carbocycles. The summed E-state index contributed by atoms with van der Waals surface area (Å²) >= 11 is 0. The molecule has 10 nitrogen and oxygen atoms in total. The van der Waals surface area contributed by atoms with Crippen molar-refractivity contribution < 1.29 is 32.2 Å². The summed E-state index contributed by atoms with van der Waals surface area (Å²) in [6.45, 7) is 13.2. The Labute approximate surface area is 243 Å². The van der Waals surface area contributed by atoms with Crippen molar-refractivity contribution in [2.24, 2.45) is 0 Å². The first-order valence-electron chi connectivity index (χ1n) is 13.8. The number of benzene rings is 1. The van der Waals surface area contributed by atoms with Gasteiger partial charge in [0.15, 0.2) is 0 Å². The highest BCUT2D eigenvalue weighted by Crippen LogP contribution is 2.28. The van der Waals surface area contributed by atoms with Gasteiger partial charge in [0.25, 0.3) is 0 Å². The van der Waals surface area contributed by atoms with Crippen molar-refractivity contribution in [3.05, 3.63) is 53.2 Å². The molecule has 226 valence electrons. The number of amides is 1. The van der Waals surface area contributed by atoms with Crippen LogP contribution in [-0.2, 0) is 37.1 Å². The second-order valence-corrected chi connectivity index (χ2v) is 14.3. The van der Waals surface area contributed by atoms with Gasteiger partial charge in [-0.1, -0.05) is 18.2 Å². The van der Waals surface area contributed by atoms with Gasteiger partial charge in [0.2, 0.25) is 15.9 Å². The van der Waals surface area contributed by atoms with E-state index in [1.165, 1.54) is 0 Å². The minimum absolute atomic E-state index is 0.209. The second-order valence-electron chi connectivity index (χ2n) is 12.5. The largest absolute Gasteiger partial charge is 0.460 e. The van der Waals surface area contributed by atoms with E-state index in [0.29, 0.717) is 43.1 Å². The molecule has 1 aliphatic rings. The topological polar surface area (TPSA) is 124 Å². The molecule has 3 rings (SSSR count). The van der Waals surface area contributed by atoms with E-state index in [9.17, 15) is 18.0 Å². The molecule has 2 heterocycles. The summed E-state index contributed by atoms with van der Waals surface area (Å²) in [5, 5.41) is 0. The zero-order valence-corrected chi connectivity index (χ0v) is 26.1. The summed E-state index contributed by atoms with van der Waals surface area (Å²) < 4.78 is 43.9. The van der Waals surface area contributed by atoms with Crippen LogP contribution < -0.4 is 9.46 Å². The average molecular weight is 590 g/mol. The van der Waals surface area contributed by atoms with Gasteiger partial charge in [0.1, 0.15) is 17.0 Å². The molecular weight excluding hydrogens is 546 g/mol. The Kier molecular flexibility index (Phi) is 10.1. The van der Waals surface area contributed by atoms with Gasteiger partial charge in [-0.3, -0.25) is 4.79 Å². The van der Waals surface area contributed by atoms with E-state index in [4.69, 9.17) is 14.2 Å². The number of carbonyl (C=O) groups excluding carboxylic acids is 2. The third kappa shape index (κ3) is 10.6. The van der Waals surface area contributed by atoms with Crippen LogP contribution >= 0.6 is 0 Å². The summed E-state index contributed by atoms with van der Waals surface area (Å²) in [7, 11) is -3.48. The van der Waals surface area contributed by atoms with Crippen LogP contribution in [0.3, 0.4) is 0 Å². The van der Waals surface area contributed by atoms with Crippen molar-refractivity contribution in [2.45, 2.75) is 97.4 Å². The average Bonchev–Trinajstić information content (AvgIpc) is 3.18. The fraction of sp³-hybridized carbons (Fsp3) is 0.567. The van der Waals surface area contributed by atoms with E-state index >= 15 is 0 Å². The third-order valence-electron chi connectivity index (χ3n) is 6.21. The predicted octanol–water partition coefficient (Wildman–Crippen LogP) is 4.93. The van der Waals surface area contributed by atoms with Gasteiger partial charge in [-0.05, 0) is 85.1 Å². The number of hydrogen-bond donors (Lipinski definition) is 1. The molecular formula is C30H43N3O7S. The van der Waals surface area contributed by atoms with Crippen molar-refractivity contribution in [3.63, 3.8) is 0 Å². The first kappa shape index (κ1) is 32.3. The molecule has 0 radical (unpaired) electrons. The minimum atomic E-state index is -3.48. The quantitative estimate of drug-likeness (QED) is 0.409. The summed E-state index contributed by atoms with van der Waals surface area (Å²) in [6, 6.07) is 10.3. The lowest BCUT2D eigenvalue weighted by Gasteiger charge is -2.31. The molecule has 0 spiro atoms. The molecule has 2 aromatic rings. The number of rotatable bonds is 9. The van der Waals surface area contributed by atoms with E-state index in [0.717, 1.165) is 17.4 Å². The SMILES string of the molecule is Cc1ccc(CCC(=O)OC(C)(C)C)nc1Oc1cccc(C[C@H]2[C@@H](NS(C)(=O)=O)CCN2C(=O)OC(C)(C)C)c1. The number of sulfonamides is 1. The monoisotopic (exact) mass is 589 g/mol. The maximum Gasteiger partial charge on any atom is 0.410 e. The molecule has 1 aliphatic heterocycles. The highest BCUT2D eigenvalue weighted by Gasteiger charge is 2.40. The number of esters is 1. The molecule has 1 fully saturated rings. The van der Waals surface area contributed by atoms with Crippen molar-refractivity contribution in [1.82, 2.24) is 14.6 Å². The van der Waals surface area contributed by atoms with E-state index in [1.807, 2.05) is 64.1 Å². The number of pyridine rings is 1. The zero-order valence-electron chi connectivity index (χ0n) is 25.3. The van der Waals surface area contributed by atoms with Crippen LogP contribution in [0.1, 0.15) is 71.2 Å². The number of aromatic nitrogens is 1. The number of likely N-dealkylation sites (tertiary alicyclic amines) is 1. The minimum Gasteiger partial charge on any atom is -0.460 e. The van der Waals surface area contributed by atoms with E-state index in [2.05, 4.69) is 9.71 Å². The molecule has 1 amide bonds. The second kappa shape index (κ2) is 12.8. The number of carbonyl (C=O) groups is 2.